The summed E-state index contributed by atoms with van der Waals surface area (Å²) in [5, 5.41) is 11.9. The Kier molecular flexibility index (Phi) is 4.73. The lowest BCUT2D eigenvalue weighted by atomic mass is 9.88. The first-order valence-corrected chi connectivity index (χ1v) is 8.30. The van der Waals surface area contributed by atoms with Gasteiger partial charge in [0.25, 0.3) is 0 Å². The SMILES string of the molecule is CC(Cn1cccn1)NC1CCCC1C1CCCCN1. The third-order valence-corrected chi connectivity index (χ3v) is 4.95. The number of aromatic nitrogens is 2. The third kappa shape index (κ3) is 3.41. The number of hydrogen-bond acceptors (Lipinski definition) is 3. The average Bonchev–Trinajstić information content (AvgIpc) is 3.11. The molecule has 1 aromatic rings. The second kappa shape index (κ2) is 6.72. The number of nitrogens with zero attached hydrogens (tertiary/aromatic N) is 2. The Balaban J connectivity index is 1.52. The van der Waals surface area contributed by atoms with Crippen LogP contribution >= 0.6 is 0 Å². The monoisotopic (exact) mass is 276 g/mol. The largest absolute Gasteiger partial charge is 0.314 e. The zero-order valence-corrected chi connectivity index (χ0v) is 12.6. The minimum atomic E-state index is 0.490. The molecule has 0 bridgehead atoms. The Morgan fingerprint density at radius 2 is 2.25 bits per heavy atom. The second-order valence-electron chi connectivity index (χ2n) is 6.55. The molecule has 1 aliphatic carbocycles. The highest BCUT2D eigenvalue weighted by Gasteiger charge is 2.34. The molecular weight excluding hydrogens is 248 g/mol. The van der Waals surface area contributed by atoms with E-state index in [-0.39, 0.29) is 0 Å². The summed E-state index contributed by atoms with van der Waals surface area (Å²) in [4.78, 5) is 0. The molecule has 2 heterocycles. The zero-order chi connectivity index (χ0) is 13.8. The van der Waals surface area contributed by atoms with Crippen LogP contribution in [0.2, 0.25) is 0 Å². The van der Waals surface area contributed by atoms with Gasteiger partial charge in [-0.05, 0) is 51.1 Å². The van der Waals surface area contributed by atoms with Crippen molar-refractivity contribution >= 4 is 0 Å². The number of nitrogens with one attached hydrogen (secondary N) is 2. The first kappa shape index (κ1) is 14.1. The van der Waals surface area contributed by atoms with Gasteiger partial charge < -0.3 is 10.6 Å². The van der Waals surface area contributed by atoms with Gasteiger partial charge in [0.1, 0.15) is 0 Å². The van der Waals surface area contributed by atoms with Gasteiger partial charge in [0.15, 0.2) is 0 Å². The summed E-state index contributed by atoms with van der Waals surface area (Å²) in [6, 6.07) is 3.93. The lowest BCUT2D eigenvalue weighted by Gasteiger charge is -2.34. The van der Waals surface area contributed by atoms with Gasteiger partial charge >= 0.3 is 0 Å². The van der Waals surface area contributed by atoms with Crippen molar-refractivity contribution in [3.05, 3.63) is 18.5 Å². The summed E-state index contributed by atoms with van der Waals surface area (Å²) in [7, 11) is 0. The fraction of sp³-hybridized carbons (Fsp3) is 0.812. The number of rotatable bonds is 5. The summed E-state index contributed by atoms with van der Waals surface area (Å²) < 4.78 is 2.03. The molecule has 112 valence electrons. The molecule has 4 atom stereocenters. The van der Waals surface area contributed by atoms with Crippen LogP contribution in [0.3, 0.4) is 0 Å². The van der Waals surface area contributed by atoms with Crippen LogP contribution in [0.15, 0.2) is 18.5 Å². The van der Waals surface area contributed by atoms with Gasteiger partial charge in [-0.2, -0.15) is 5.10 Å². The van der Waals surface area contributed by atoms with Crippen LogP contribution in [0.25, 0.3) is 0 Å². The third-order valence-electron chi connectivity index (χ3n) is 4.95. The quantitative estimate of drug-likeness (QED) is 0.866. The summed E-state index contributed by atoms with van der Waals surface area (Å²) in [5.74, 6) is 0.829. The van der Waals surface area contributed by atoms with Crippen LogP contribution in [0.4, 0.5) is 0 Å². The molecule has 1 saturated carbocycles. The van der Waals surface area contributed by atoms with E-state index in [1.807, 2.05) is 23.1 Å². The normalized spacial score (nSPS) is 32.4. The van der Waals surface area contributed by atoms with E-state index in [0.717, 1.165) is 18.5 Å². The van der Waals surface area contributed by atoms with E-state index in [9.17, 15) is 0 Å². The van der Waals surface area contributed by atoms with Crippen LogP contribution < -0.4 is 10.6 Å². The molecule has 3 rings (SSSR count). The predicted octanol–water partition coefficient (Wildman–Crippen LogP) is 2.17. The molecule has 0 spiro atoms. The molecule has 2 N–H and O–H groups in total. The van der Waals surface area contributed by atoms with Crippen molar-refractivity contribution in [2.24, 2.45) is 5.92 Å². The highest BCUT2D eigenvalue weighted by atomic mass is 15.3. The van der Waals surface area contributed by atoms with Gasteiger partial charge in [0.05, 0.1) is 6.54 Å². The Morgan fingerprint density at radius 3 is 3.00 bits per heavy atom. The summed E-state index contributed by atoms with van der Waals surface area (Å²) >= 11 is 0. The first-order chi connectivity index (χ1) is 9.83. The van der Waals surface area contributed by atoms with Crippen molar-refractivity contribution < 1.29 is 0 Å². The molecule has 0 radical (unpaired) electrons. The molecule has 1 saturated heterocycles. The Labute approximate surface area is 122 Å². The van der Waals surface area contributed by atoms with Gasteiger partial charge in [-0.1, -0.05) is 12.8 Å². The number of hydrogen-bond donors (Lipinski definition) is 2. The van der Waals surface area contributed by atoms with Gasteiger partial charge in [-0.3, -0.25) is 4.68 Å². The van der Waals surface area contributed by atoms with Crippen molar-refractivity contribution in [3.8, 4) is 0 Å². The highest BCUT2D eigenvalue weighted by molar-refractivity contribution is 4.93. The predicted molar refractivity (Wildman–Crippen MR) is 81.6 cm³/mol. The second-order valence-corrected chi connectivity index (χ2v) is 6.55. The molecule has 1 aromatic heterocycles. The van der Waals surface area contributed by atoms with Crippen molar-refractivity contribution in [2.75, 3.05) is 6.54 Å². The molecule has 4 heteroatoms. The molecular formula is C16H28N4. The van der Waals surface area contributed by atoms with E-state index in [4.69, 9.17) is 0 Å². The van der Waals surface area contributed by atoms with E-state index in [2.05, 4.69) is 22.7 Å². The molecule has 4 unspecified atom stereocenters. The minimum absolute atomic E-state index is 0.490. The van der Waals surface area contributed by atoms with Crippen LogP contribution in [-0.2, 0) is 6.54 Å². The number of piperidine rings is 1. The fourth-order valence-corrected chi connectivity index (χ4v) is 4.03. The lowest BCUT2D eigenvalue weighted by molar-refractivity contribution is 0.242. The summed E-state index contributed by atoms with van der Waals surface area (Å²) in [6.07, 6.45) is 12.2. The van der Waals surface area contributed by atoms with Crippen molar-refractivity contribution in [1.29, 1.82) is 0 Å². The maximum Gasteiger partial charge on any atom is 0.0560 e. The zero-order valence-electron chi connectivity index (χ0n) is 12.6. The average molecular weight is 276 g/mol. The Bertz CT molecular complexity index is 383. The van der Waals surface area contributed by atoms with E-state index in [1.165, 1.54) is 45.1 Å². The molecule has 4 nitrogen and oxygen atoms in total. The van der Waals surface area contributed by atoms with E-state index in [0.29, 0.717) is 12.1 Å². The van der Waals surface area contributed by atoms with E-state index >= 15 is 0 Å². The maximum absolute atomic E-state index is 4.30. The van der Waals surface area contributed by atoms with Gasteiger partial charge in [0, 0.05) is 30.5 Å². The molecule has 20 heavy (non-hydrogen) atoms. The Morgan fingerprint density at radius 1 is 1.30 bits per heavy atom. The van der Waals surface area contributed by atoms with Crippen LogP contribution in [0, 0.1) is 5.92 Å². The summed E-state index contributed by atoms with van der Waals surface area (Å²) in [5.41, 5.74) is 0. The Hall–Kier alpha value is -0.870. The minimum Gasteiger partial charge on any atom is -0.314 e. The molecule has 0 aromatic carbocycles. The van der Waals surface area contributed by atoms with E-state index < -0.39 is 0 Å². The van der Waals surface area contributed by atoms with Crippen LogP contribution in [0.1, 0.15) is 45.4 Å². The van der Waals surface area contributed by atoms with Gasteiger partial charge in [-0.25, -0.2) is 0 Å². The van der Waals surface area contributed by atoms with Gasteiger partial charge in [0.2, 0.25) is 0 Å². The first-order valence-electron chi connectivity index (χ1n) is 8.30. The van der Waals surface area contributed by atoms with Crippen LogP contribution in [-0.4, -0.2) is 34.5 Å². The fourth-order valence-electron chi connectivity index (χ4n) is 4.03. The lowest BCUT2D eigenvalue weighted by Crippen LogP contribution is -2.49. The van der Waals surface area contributed by atoms with Gasteiger partial charge in [-0.15, -0.1) is 0 Å². The molecule has 2 aliphatic rings. The van der Waals surface area contributed by atoms with Crippen LogP contribution in [0.5, 0.6) is 0 Å². The highest BCUT2D eigenvalue weighted by Crippen LogP contribution is 2.32. The maximum atomic E-state index is 4.30. The van der Waals surface area contributed by atoms with Crippen molar-refractivity contribution in [1.82, 2.24) is 20.4 Å². The molecule has 0 amide bonds. The molecule has 1 aliphatic heterocycles. The van der Waals surface area contributed by atoms with E-state index in [1.54, 1.807) is 0 Å². The molecule has 2 fully saturated rings. The topological polar surface area (TPSA) is 41.9 Å². The summed E-state index contributed by atoms with van der Waals surface area (Å²) in [6.45, 7) is 4.47. The van der Waals surface area contributed by atoms with Crippen molar-refractivity contribution in [3.63, 3.8) is 0 Å². The standard InChI is InChI=1S/C16H28N4/c1-13(12-20-11-5-10-18-20)19-16-8-4-6-14(16)15-7-2-3-9-17-15/h5,10-11,13-17,19H,2-4,6-9,12H2,1H3. The van der Waals surface area contributed by atoms with Crippen molar-refractivity contribution in [2.45, 2.75) is 70.1 Å². The smallest absolute Gasteiger partial charge is 0.0560 e.